The first kappa shape index (κ1) is 15.2. The Labute approximate surface area is 134 Å². The minimum Gasteiger partial charge on any atom is -0.420 e. The molecule has 1 fully saturated rings. The van der Waals surface area contributed by atoms with Gasteiger partial charge in [-0.1, -0.05) is 13.3 Å². The molecule has 0 bridgehead atoms. The maximum atomic E-state index is 12.2. The highest BCUT2D eigenvalue weighted by molar-refractivity contribution is 7.08. The molecule has 1 unspecified atom stereocenters. The second-order valence-corrected chi connectivity index (χ2v) is 6.52. The molecule has 5 nitrogen and oxygen atoms in total. The van der Waals surface area contributed by atoms with E-state index < -0.39 is 0 Å². The van der Waals surface area contributed by atoms with Gasteiger partial charge in [-0.25, -0.2) is 0 Å². The Morgan fingerprint density at radius 1 is 1.50 bits per heavy atom. The second-order valence-electron chi connectivity index (χ2n) is 5.74. The molecule has 1 atom stereocenters. The number of unbranched alkanes of at least 4 members (excludes halogenated alkanes) is 1. The van der Waals surface area contributed by atoms with Crippen molar-refractivity contribution in [2.24, 2.45) is 0 Å². The molecule has 3 rings (SSSR count). The van der Waals surface area contributed by atoms with Crippen molar-refractivity contribution in [3.8, 4) is 11.5 Å². The summed E-state index contributed by atoms with van der Waals surface area (Å²) in [7, 11) is 0. The predicted octanol–water partition coefficient (Wildman–Crippen LogP) is 3.69. The molecule has 1 amide bonds. The van der Waals surface area contributed by atoms with Crippen LogP contribution in [0.15, 0.2) is 21.2 Å². The number of carbonyl (C=O) groups excluding carboxylic acids is 1. The number of likely N-dealkylation sites (tertiary alicyclic amines) is 1. The molecule has 0 saturated carbocycles. The Kier molecular flexibility index (Phi) is 4.87. The number of nitrogens with zero attached hydrogens (tertiary/aromatic N) is 3. The van der Waals surface area contributed by atoms with Crippen LogP contribution < -0.4 is 0 Å². The smallest absolute Gasteiger partial charge is 0.248 e. The molecule has 0 aliphatic carbocycles. The molecule has 118 valence electrons. The van der Waals surface area contributed by atoms with Crippen molar-refractivity contribution in [3.05, 3.63) is 22.7 Å². The second kappa shape index (κ2) is 7.05. The number of thiophene rings is 1. The van der Waals surface area contributed by atoms with Crippen LogP contribution in [0.2, 0.25) is 0 Å². The molecule has 0 aromatic carbocycles. The van der Waals surface area contributed by atoms with E-state index in [2.05, 4.69) is 17.1 Å². The molecular weight excluding hydrogens is 298 g/mol. The zero-order valence-electron chi connectivity index (χ0n) is 12.8. The average molecular weight is 319 g/mol. The van der Waals surface area contributed by atoms with Gasteiger partial charge < -0.3 is 9.32 Å². The van der Waals surface area contributed by atoms with E-state index in [0.29, 0.717) is 24.7 Å². The predicted molar refractivity (Wildman–Crippen MR) is 85.7 cm³/mol. The van der Waals surface area contributed by atoms with E-state index in [0.717, 1.165) is 37.8 Å². The maximum Gasteiger partial charge on any atom is 0.248 e. The number of hydrogen-bond acceptors (Lipinski definition) is 5. The number of hydrogen-bond donors (Lipinski definition) is 0. The van der Waals surface area contributed by atoms with Gasteiger partial charge in [0, 0.05) is 30.5 Å². The SMILES string of the molecule is CCCCC(=O)N1CCCC(c2nnc(-c3ccsc3)o2)C1. The van der Waals surface area contributed by atoms with Gasteiger partial charge in [0.05, 0.1) is 5.92 Å². The van der Waals surface area contributed by atoms with Gasteiger partial charge in [-0.3, -0.25) is 4.79 Å². The quantitative estimate of drug-likeness (QED) is 0.843. The molecule has 2 aromatic heterocycles. The third-order valence-corrected chi connectivity index (χ3v) is 4.76. The van der Waals surface area contributed by atoms with Crippen molar-refractivity contribution in [2.45, 2.75) is 44.9 Å². The number of rotatable bonds is 5. The van der Waals surface area contributed by atoms with E-state index in [1.165, 1.54) is 0 Å². The monoisotopic (exact) mass is 319 g/mol. The van der Waals surface area contributed by atoms with E-state index in [4.69, 9.17) is 4.42 Å². The summed E-state index contributed by atoms with van der Waals surface area (Å²) in [6, 6.07) is 1.98. The van der Waals surface area contributed by atoms with Crippen LogP contribution in [0, 0.1) is 0 Å². The number of piperidine rings is 1. The lowest BCUT2D eigenvalue weighted by atomic mass is 9.97. The molecule has 0 N–H and O–H groups in total. The van der Waals surface area contributed by atoms with E-state index in [1.807, 2.05) is 21.7 Å². The fraction of sp³-hybridized carbons (Fsp3) is 0.562. The molecule has 0 spiro atoms. The van der Waals surface area contributed by atoms with Crippen LogP contribution in [-0.4, -0.2) is 34.1 Å². The third kappa shape index (κ3) is 3.38. The lowest BCUT2D eigenvalue weighted by Gasteiger charge is -2.31. The highest BCUT2D eigenvalue weighted by Crippen LogP contribution is 2.29. The fourth-order valence-electron chi connectivity index (χ4n) is 2.79. The van der Waals surface area contributed by atoms with Gasteiger partial charge in [0.1, 0.15) is 0 Å². The fourth-order valence-corrected chi connectivity index (χ4v) is 3.42. The van der Waals surface area contributed by atoms with Crippen LogP contribution in [0.5, 0.6) is 0 Å². The Balaban J connectivity index is 1.66. The molecule has 6 heteroatoms. The summed E-state index contributed by atoms with van der Waals surface area (Å²) in [5.74, 6) is 1.66. The molecule has 22 heavy (non-hydrogen) atoms. The minimum absolute atomic E-state index is 0.166. The minimum atomic E-state index is 0.166. The molecule has 0 radical (unpaired) electrons. The first-order valence-corrected chi connectivity index (χ1v) is 8.86. The van der Waals surface area contributed by atoms with Gasteiger partial charge in [0.2, 0.25) is 17.7 Å². The first-order valence-electron chi connectivity index (χ1n) is 7.91. The lowest BCUT2D eigenvalue weighted by Crippen LogP contribution is -2.39. The van der Waals surface area contributed by atoms with Gasteiger partial charge in [-0.15, -0.1) is 10.2 Å². The van der Waals surface area contributed by atoms with Crippen LogP contribution in [0.25, 0.3) is 11.5 Å². The summed E-state index contributed by atoms with van der Waals surface area (Å²) < 4.78 is 5.82. The first-order chi connectivity index (χ1) is 10.8. The van der Waals surface area contributed by atoms with Gasteiger partial charge in [0.25, 0.3) is 0 Å². The van der Waals surface area contributed by atoms with Crippen LogP contribution >= 0.6 is 11.3 Å². The zero-order valence-corrected chi connectivity index (χ0v) is 13.6. The normalized spacial score (nSPS) is 18.6. The summed E-state index contributed by atoms with van der Waals surface area (Å²) in [5.41, 5.74) is 0.968. The molecule has 2 aromatic rings. The van der Waals surface area contributed by atoms with Gasteiger partial charge >= 0.3 is 0 Å². The van der Waals surface area contributed by atoms with Crippen molar-refractivity contribution in [1.29, 1.82) is 0 Å². The summed E-state index contributed by atoms with van der Waals surface area (Å²) in [6.45, 7) is 3.66. The van der Waals surface area contributed by atoms with E-state index in [-0.39, 0.29) is 11.8 Å². The molecule has 1 aliphatic heterocycles. The molecule has 1 saturated heterocycles. The largest absolute Gasteiger partial charge is 0.420 e. The third-order valence-electron chi connectivity index (χ3n) is 4.08. The number of amides is 1. The molecular formula is C16H21N3O2S. The molecule has 3 heterocycles. The van der Waals surface area contributed by atoms with Crippen molar-refractivity contribution in [2.75, 3.05) is 13.1 Å². The summed E-state index contributed by atoms with van der Waals surface area (Å²) in [4.78, 5) is 14.1. The maximum absolute atomic E-state index is 12.2. The lowest BCUT2D eigenvalue weighted by molar-refractivity contribution is -0.132. The van der Waals surface area contributed by atoms with E-state index >= 15 is 0 Å². The average Bonchev–Trinajstić information content (AvgIpc) is 3.23. The Morgan fingerprint density at radius 3 is 3.18 bits per heavy atom. The summed E-state index contributed by atoms with van der Waals surface area (Å²) in [5, 5.41) is 12.3. The van der Waals surface area contributed by atoms with Gasteiger partial charge in [-0.05, 0) is 30.7 Å². The standard InChI is InChI=1S/C16H21N3O2S/c1-2-3-6-14(20)19-8-4-5-12(10-19)15-17-18-16(21-15)13-7-9-22-11-13/h7,9,11-12H,2-6,8,10H2,1H3. The van der Waals surface area contributed by atoms with Gasteiger partial charge in [0.15, 0.2) is 0 Å². The van der Waals surface area contributed by atoms with Crippen molar-refractivity contribution < 1.29 is 9.21 Å². The van der Waals surface area contributed by atoms with Crippen molar-refractivity contribution in [3.63, 3.8) is 0 Å². The van der Waals surface area contributed by atoms with E-state index in [9.17, 15) is 4.79 Å². The molecule has 1 aliphatic rings. The van der Waals surface area contributed by atoms with Crippen molar-refractivity contribution in [1.82, 2.24) is 15.1 Å². The number of aromatic nitrogens is 2. The van der Waals surface area contributed by atoms with Gasteiger partial charge in [-0.2, -0.15) is 11.3 Å². The van der Waals surface area contributed by atoms with Crippen molar-refractivity contribution >= 4 is 17.2 Å². The topological polar surface area (TPSA) is 59.2 Å². The summed E-state index contributed by atoms with van der Waals surface area (Å²) in [6.07, 6.45) is 4.66. The van der Waals surface area contributed by atoms with Crippen LogP contribution in [0.3, 0.4) is 0 Å². The van der Waals surface area contributed by atoms with E-state index in [1.54, 1.807) is 11.3 Å². The van der Waals surface area contributed by atoms with Crippen LogP contribution in [-0.2, 0) is 4.79 Å². The Morgan fingerprint density at radius 2 is 2.41 bits per heavy atom. The summed E-state index contributed by atoms with van der Waals surface area (Å²) >= 11 is 1.61. The Hall–Kier alpha value is -1.69. The zero-order chi connectivity index (χ0) is 15.4. The van der Waals surface area contributed by atoms with Crippen LogP contribution in [0.4, 0.5) is 0 Å². The highest BCUT2D eigenvalue weighted by Gasteiger charge is 2.28. The van der Waals surface area contributed by atoms with Crippen LogP contribution in [0.1, 0.15) is 50.8 Å². The number of carbonyl (C=O) groups is 1. The highest BCUT2D eigenvalue weighted by atomic mass is 32.1. The Bertz CT molecular complexity index is 609.